The van der Waals surface area contributed by atoms with Crippen LogP contribution in [0.25, 0.3) is 5.69 Å². The third kappa shape index (κ3) is 4.09. The van der Waals surface area contributed by atoms with Crippen molar-refractivity contribution >= 4 is 17.5 Å². The molecule has 0 unspecified atom stereocenters. The van der Waals surface area contributed by atoms with Gasteiger partial charge in [0.05, 0.1) is 48.0 Å². The van der Waals surface area contributed by atoms with Crippen molar-refractivity contribution in [2.75, 3.05) is 19.6 Å². The second-order valence-electron chi connectivity index (χ2n) is 7.59. The molecule has 1 aliphatic rings. The summed E-state index contributed by atoms with van der Waals surface area (Å²) in [5.41, 5.74) is 3.18. The van der Waals surface area contributed by atoms with Gasteiger partial charge in [0.1, 0.15) is 0 Å². The lowest BCUT2D eigenvalue weighted by Gasteiger charge is -2.23. The zero-order chi connectivity index (χ0) is 20.4. The third-order valence-corrected chi connectivity index (χ3v) is 6.22. The Morgan fingerprint density at radius 3 is 2.55 bits per heavy atom. The predicted molar refractivity (Wildman–Crippen MR) is 112 cm³/mol. The molecule has 152 valence electrons. The number of aromatic nitrogens is 2. The number of carbonyl (C=O) groups excluding carboxylic acids is 1. The molecule has 6 nitrogen and oxygen atoms in total. The molecule has 3 heterocycles. The molecule has 1 atom stereocenters. The summed E-state index contributed by atoms with van der Waals surface area (Å²) in [5.74, 6) is 0.844. The number of benzene rings is 1. The van der Waals surface area contributed by atoms with Crippen LogP contribution in [0.2, 0.25) is 5.02 Å². The maximum atomic E-state index is 12.7. The monoisotopic (exact) mass is 413 g/mol. The average molecular weight is 414 g/mol. The van der Waals surface area contributed by atoms with Crippen LogP contribution < -0.4 is 10.2 Å². The molecule has 0 aliphatic carbocycles. The van der Waals surface area contributed by atoms with E-state index in [1.807, 2.05) is 50.2 Å². The van der Waals surface area contributed by atoms with Crippen LogP contribution >= 0.6 is 11.6 Å². The van der Waals surface area contributed by atoms with E-state index in [4.69, 9.17) is 16.0 Å². The highest BCUT2D eigenvalue weighted by Gasteiger charge is 2.29. The van der Waals surface area contributed by atoms with Crippen molar-refractivity contribution in [1.82, 2.24) is 15.1 Å². The first-order chi connectivity index (χ1) is 14.0. The molecule has 0 saturated carbocycles. The first kappa shape index (κ1) is 19.7. The standard InChI is InChI=1S/C22H25ClN4O2/c1-15-21(23)16(2)27(25-15)18-9-7-17(8-10-18)22(28)24-14-19(20-6-5-13-29-20)26-11-3-4-12-26/h5-10,13,19H,3-4,11-12,14H2,1-2H3,(H,24,28)/p+1/t19-/m0/s1. The summed E-state index contributed by atoms with van der Waals surface area (Å²) >= 11 is 6.24. The molecule has 1 amide bonds. The summed E-state index contributed by atoms with van der Waals surface area (Å²) in [4.78, 5) is 14.2. The van der Waals surface area contributed by atoms with Crippen molar-refractivity contribution in [1.29, 1.82) is 0 Å². The van der Waals surface area contributed by atoms with Crippen molar-refractivity contribution in [2.45, 2.75) is 32.7 Å². The molecular formula is C22H26ClN4O2+. The number of nitrogens with zero attached hydrogens (tertiary/aromatic N) is 2. The van der Waals surface area contributed by atoms with E-state index in [1.165, 1.54) is 17.7 Å². The fourth-order valence-electron chi connectivity index (χ4n) is 4.04. The predicted octanol–water partition coefficient (Wildman–Crippen LogP) is 2.89. The van der Waals surface area contributed by atoms with E-state index >= 15 is 0 Å². The Morgan fingerprint density at radius 1 is 1.24 bits per heavy atom. The Hall–Kier alpha value is -2.57. The van der Waals surface area contributed by atoms with E-state index in [0.29, 0.717) is 17.1 Å². The maximum Gasteiger partial charge on any atom is 0.251 e. The van der Waals surface area contributed by atoms with Crippen LogP contribution in [-0.4, -0.2) is 35.3 Å². The number of amides is 1. The van der Waals surface area contributed by atoms with Crippen molar-refractivity contribution in [3.63, 3.8) is 0 Å². The van der Waals surface area contributed by atoms with Crippen molar-refractivity contribution in [3.8, 4) is 5.69 Å². The van der Waals surface area contributed by atoms with E-state index < -0.39 is 0 Å². The second-order valence-corrected chi connectivity index (χ2v) is 7.96. The molecule has 4 rings (SSSR count). The number of rotatable bonds is 6. The number of quaternary nitrogens is 1. The minimum atomic E-state index is -0.0851. The van der Waals surface area contributed by atoms with Gasteiger partial charge in [-0.25, -0.2) is 4.68 Å². The smallest absolute Gasteiger partial charge is 0.251 e. The molecule has 1 fully saturated rings. The molecular weight excluding hydrogens is 388 g/mol. The molecule has 2 aromatic heterocycles. The number of hydrogen-bond acceptors (Lipinski definition) is 3. The Balaban J connectivity index is 1.44. The van der Waals surface area contributed by atoms with Crippen molar-refractivity contribution in [2.24, 2.45) is 0 Å². The van der Waals surface area contributed by atoms with Gasteiger partial charge >= 0.3 is 0 Å². The van der Waals surface area contributed by atoms with Crippen LogP contribution in [0.5, 0.6) is 0 Å². The van der Waals surface area contributed by atoms with Gasteiger partial charge in [0.25, 0.3) is 5.91 Å². The SMILES string of the molecule is Cc1nn(-c2ccc(C(=O)NC[C@@H](c3ccco3)[NH+]3CCCC3)cc2)c(C)c1Cl. The fourth-order valence-corrected chi connectivity index (χ4v) is 4.16. The first-order valence-electron chi connectivity index (χ1n) is 10.0. The molecule has 0 spiro atoms. The third-order valence-electron chi connectivity index (χ3n) is 5.67. The quantitative estimate of drug-likeness (QED) is 0.653. The highest BCUT2D eigenvalue weighted by molar-refractivity contribution is 6.31. The summed E-state index contributed by atoms with van der Waals surface area (Å²) in [5, 5.41) is 8.21. The van der Waals surface area contributed by atoms with Crippen LogP contribution in [0.4, 0.5) is 0 Å². The summed E-state index contributed by atoms with van der Waals surface area (Å²) in [6.07, 6.45) is 4.14. The molecule has 1 saturated heterocycles. The average Bonchev–Trinajstić information content (AvgIpc) is 3.49. The number of halogens is 1. The topological polar surface area (TPSA) is 64.5 Å². The Morgan fingerprint density at radius 2 is 1.97 bits per heavy atom. The lowest BCUT2D eigenvalue weighted by Crippen LogP contribution is -3.11. The van der Waals surface area contributed by atoms with Gasteiger partial charge in [0.15, 0.2) is 11.8 Å². The number of likely N-dealkylation sites (tertiary alicyclic amines) is 1. The Labute approximate surface area is 175 Å². The van der Waals surface area contributed by atoms with Crippen molar-refractivity contribution in [3.05, 3.63) is 70.4 Å². The minimum absolute atomic E-state index is 0.0851. The zero-order valence-electron chi connectivity index (χ0n) is 16.7. The zero-order valence-corrected chi connectivity index (χ0v) is 17.5. The summed E-state index contributed by atoms with van der Waals surface area (Å²) in [6, 6.07) is 11.5. The van der Waals surface area contributed by atoms with Crippen LogP contribution in [0.1, 0.15) is 46.4 Å². The van der Waals surface area contributed by atoms with Gasteiger partial charge in [-0.2, -0.15) is 5.10 Å². The number of aryl methyl sites for hydroxylation is 1. The molecule has 1 aliphatic heterocycles. The molecule has 0 radical (unpaired) electrons. The molecule has 3 aromatic rings. The lowest BCUT2D eigenvalue weighted by atomic mass is 10.1. The number of carbonyl (C=O) groups is 1. The van der Waals surface area contributed by atoms with Gasteiger partial charge in [0.2, 0.25) is 0 Å². The van der Waals surface area contributed by atoms with Crippen LogP contribution in [0, 0.1) is 13.8 Å². The lowest BCUT2D eigenvalue weighted by molar-refractivity contribution is -0.919. The van der Waals surface area contributed by atoms with Gasteiger partial charge in [-0.15, -0.1) is 0 Å². The fraction of sp³-hybridized carbons (Fsp3) is 0.364. The molecule has 2 N–H and O–H groups in total. The molecule has 1 aromatic carbocycles. The largest absolute Gasteiger partial charge is 0.463 e. The normalized spacial score (nSPS) is 15.6. The van der Waals surface area contributed by atoms with Gasteiger partial charge < -0.3 is 14.6 Å². The summed E-state index contributed by atoms with van der Waals surface area (Å²) < 4.78 is 7.44. The van der Waals surface area contributed by atoms with Gasteiger partial charge in [-0.1, -0.05) is 11.6 Å². The van der Waals surface area contributed by atoms with Crippen LogP contribution in [0.15, 0.2) is 47.1 Å². The molecule has 7 heteroatoms. The number of nitrogens with one attached hydrogen (secondary N) is 2. The van der Waals surface area contributed by atoms with E-state index in [1.54, 1.807) is 10.9 Å². The Bertz CT molecular complexity index is 973. The van der Waals surface area contributed by atoms with E-state index in [9.17, 15) is 4.79 Å². The minimum Gasteiger partial charge on any atom is -0.463 e. The maximum absolute atomic E-state index is 12.7. The molecule has 29 heavy (non-hydrogen) atoms. The highest BCUT2D eigenvalue weighted by atomic mass is 35.5. The van der Waals surface area contributed by atoms with Crippen LogP contribution in [-0.2, 0) is 0 Å². The summed E-state index contributed by atoms with van der Waals surface area (Å²) in [7, 11) is 0. The first-order valence-corrected chi connectivity index (χ1v) is 10.4. The highest BCUT2D eigenvalue weighted by Crippen LogP contribution is 2.22. The second kappa shape index (κ2) is 8.43. The van der Waals surface area contributed by atoms with E-state index in [0.717, 1.165) is 35.9 Å². The van der Waals surface area contributed by atoms with Gasteiger partial charge in [0, 0.05) is 18.4 Å². The Kier molecular flexibility index (Phi) is 5.74. The van der Waals surface area contributed by atoms with Crippen LogP contribution in [0.3, 0.4) is 0 Å². The number of furan rings is 1. The molecule has 0 bridgehead atoms. The van der Waals surface area contributed by atoms with Crippen molar-refractivity contribution < 1.29 is 14.1 Å². The summed E-state index contributed by atoms with van der Waals surface area (Å²) in [6.45, 7) is 6.59. The van der Waals surface area contributed by atoms with Gasteiger partial charge in [-0.05, 0) is 50.2 Å². The van der Waals surface area contributed by atoms with E-state index in [2.05, 4.69) is 10.4 Å². The number of hydrogen-bond donors (Lipinski definition) is 2. The van der Waals surface area contributed by atoms with Gasteiger partial charge in [-0.3, -0.25) is 4.79 Å². The van der Waals surface area contributed by atoms with E-state index in [-0.39, 0.29) is 11.9 Å².